The van der Waals surface area contributed by atoms with Crippen LogP contribution in [0.4, 0.5) is 10.5 Å². The third-order valence-corrected chi connectivity index (χ3v) is 5.09. The Kier molecular flexibility index (Phi) is 6.47. The van der Waals surface area contributed by atoms with Gasteiger partial charge < -0.3 is 15.2 Å². The zero-order valence-corrected chi connectivity index (χ0v) is 20.9. The molecule has 3 aromatic rings. The van der Waals surface area contributed by atoms with Gasteiger partial charge >= 0.3 is 12.1 Å². The number of hydrogen-bond acceptors (Lipinski definition) is 8. The number of nitro benzene ring substituents is 1. The number of nitrogens with zero attached hydrogens (tertiary/aromatic N) is 3. The number of carbonyl (C=O) groups excluding carboxylic acids is 2. The maximum atomic E-state index is 12.6. The van der Waals surface area contributed by atoms with Crippen LogP contribution in [-0.4, -0.2) is 38.0 Å². The number of hydrogen-bond donors (Lipinski definition) is 1. The minimum atomic E-state index is -1.41. The molecule has 0 radical (unpaired) electrons. The summed E-state index contributed by atoms with van der Waals surface area (Å²) in [5.41, 5.74) is 4.83. The number of nitro groups is 1. The van der Waals surface area contributed by atoms with Gasteiger partial charge in [0, 0.05) is 0 Å². The second kappa shape index (κ2) is 8.77. The molecule has 0 saturated carbocycles. The lowest BCUT2D eigenvalue weighted by Crippen LogP contribution is -2.45. The highest BCUT2D eigenvalue weighted by molar-refractivity contribution is 5.99. The van der Waals surface area contributed by atoms with E-state index in [0.717, 1.165) is 4.68 Å². The minimum Gasteiger partial charge on any atom is -0.458 e. The highest BCUT2D eigenvalue weighted by Crippen LogP contribution is 2.37. The molecule has 1 unspecified atom stereocenters. The largest absolute Gasteiger partial charge is 0.458 e. The average molecular weight is 483 g/mol. The molecule has 2 aromatic carbocycles. The lowest BCUT2D eigenvalue weighted by atomic mass is 9.91. The van der Waals surface area contributed by atoms with Gasteiger partial charge in [0.1, 0.15) is 16.7 Å². The Bertz CT molecular complexity index is 1290. The topological polar surface area (TPSA) is 140 Å². The van der Waals surface area contributed by atoms with Crippen molar-refractivity contribution in [2.24, 2.45) is 5.73 Å². The Balaban J connectivity index is 2.02. The van der Waals surface area contributed by atoms with Gasteiger partial charge in [0.15, 0.2) is 0 Å². The number of esters is 1. The molecule has 0 aliphatic heterocycles. The smallest absolute Gasteiger partial charge is 0.435 e. The second-order valence-corrected chi connectivity index (χ2v) is 10.5. The molecule has 10 nitrogen and oxygen atoms in total. The van der Waals surface area contributed by atoms with Crippen LogP contribution >= 0.6 is 0 Å². The van der Waals surface area contributed by atoms with E-state index in [-0.39, 0.29) is 16.6 Å². The van der Waals surface area contributed by atoms with Gasteiger partial charge in [-0.2, -0.15) is 9.78 Å². The van der Waals surface area contributed by atoms with Crippen LogP contribution in [-0.2, 0) is 19.8 Å². The fourth-order valence-electron chi connectivity index (χ4n) is 3.47. The monoisotopic (exact) mass is 482 g/mol. The van der Waals surface area contributed by atoms with Gasteiger partial charge in [-0.3, -0.25) is 10.1 Å². The first-order valence-corrected chi connectivity index (χ1v) is 11.0. The Labute approximate surface area is 203 Å². The summed E-state index contributed by atoms with van der Waals surface area (Å²) in [6, 6.07) is 9.70. The molecule has 2 N–H and O–H groups in total. The summed E-state index contributed by atoms with van der Waals surface area (Å²) in [5, 5.41) is 16.3. The van der Waals surface area contributed by atoms with Crippen molar-refractivity contribution < 1.29 is 24.0 Å². The number of carbonyl (C=O) groups is 2. The molecule has 10 heteroatoms. The fraction of sp³-hybridized carbons (Fsp3) is 0.400. The zero-order chi connectivity index (χ0) is 26.3. The van der Waals surface area contributed by atoms with E-state index in [2.05, 4.69) is 5.10 Å². The van der Waals surface area contributed by atoms with Crippen LogP contribution in [0.5, 0.6) is 0 Å². The maximum Gasteiger partial charge on any atom is 0.435 e. The zero-order valence-electron chi connectivity index (χ0n) is 20.9. The van der Waals surface area contributed by atoms with Crippen molar-refractivity contribution in [2.45, 2.75) is 65.2 Å². The molecule has 1 atom stereocenters. The van der Waals surface area contributed by atoms with E-state index in [0.29, 0.717) is 16.7 Å². The van der Waals surface area contributed by atoms with E-state index in [4.69, 9.17) is 15.2 Å². The van der Waals surface area contributed by atoms with Gasteiger partial charge in [-0.25, -0.2) is 9.59 Å². The van der Waals surface area contributed by atoms with Crippen LogP contribution in [0.3, 0.4) is 0 Å². The minimum absolute atomic E-state index is 0.194. The van der Waals surface area contributed by atoms with Crippen molar-refractivity contribution in [1.82, 2.24) is 9.78 Å². The SMILES string of the molecule is CC(C)(C)OC(=O)n1ncc2c([N+](=O)[O-])c(-c3ccc(C(C)(N)C(=O)OC(C)(C)C)cc3)ccc21. The van der Waals surface area contributed by atoms with Crippen LogP contribution in [0, 0.1) is 10.1 Å². The van der Waals surface area contributed by atoms with E-state index in [1.165, 1.54) is 6.20 Å². The predicted octanol–water partition coefficient (Wildman–Crippen LogP) is 4.91. The molecule has 0 saturated heterocycles. The molecule has 0 amide bonds. The Morgan fingerprint density at radius 3 is 2.03 bits per heavy atom. The van der Waals surface area contributed by atoms with Crippen molar-refractivity contribution in [2.75, 3.05) is 0 Å². The van der Waals surface area contributed by atoms with E-state index in [1.807, 2.05) is 0 Å². The molecule has 3 rings (SSSR count). The average Bonchev–Trinajstić information content (AvgIpc) is 3.14. The molecular weight excluding hydrogens is 452 g/mol. The van der Waals surface area contributed by atoms with E-state index < -0.39 is 33.7 Å². The summed E-state index contributed by atoms with van der Waals surface area (Å²) in [6.45, 7) is 12.0. The van der Waals surface area contributed by atoms with Crippen LogP contribution in [0.2, 0.25) is 0 Å². The quantitative estimate of drug-likeness (QED) is 0.314. The molecular formula is C25H30N4O6. The van der Waals surface area contributed by atoms with Crippen LogP contribution in [0.1, 0.15) is 54.0 Å². The first-order valence-electron chi connectivity index (χ1n) is 11.0. The molecule has 186 valence electrons. The highest BCUT2D eigenvalue weighted by Gasteiger charge is 2.35. The summed E-state index contributed by atoms with van der Waals surface area (Å²) >= 11 is 0. The van der Waals surface area contributed by atoms with Crippen molar-refractivity contribution in [3.05, 3.63) is 58.3 Å². The normalized spacial score (nSPS) is 13.8. The number of rotatable bonds is 4. The van der Waals surface area contributed by atoms with Crippen molar-refractivity contribution in [1.29, 1.82) is 0 Å². The predicted molar refractivity (Wildman–Crippen MR) is 131 cm³/mol. The van der Waals surface area contributed by atoms with Crippen LogP contribution < -0.4 is 5.73 Å². The fourth-order valence-corrected chi connectivity index (χ4v) is 3.47. The Morgan fingerprint density at radius 2 is 1.51 bits per heavy atom. The molecule has 0 fully saturated rings. The van der Waals surface area contributed by atoms with Crippen LogP contribution in [0.25, 0.3) is 22.0 Å². The highest BCUT2D eigenvalue weighted by atomic mass is 16.6. The summed E-state index contributed by atoms with van der Waals surface area (Å²) in [6.07, 6.45) is 0.539. The van der Waals surface area contributed by atoms with Gasteiger partial charge in [0.05, 0.1) is 27.6 Å². The first-order chi connectivity index (χ1) is 16.0. The molecule has 0 aliphatic carbocycles. The maximum absolute atomic E-state index is 12.6. The third kappa shape index (κ3) is 5.48. The Hall–Kier alpha value is -3.79. The lowest BCUT2D eigenvalue weighted by Gasteiger charge is -2.28. The molecule has 0 spiro atoms. The van der Waals surface area contributed by atoms with Crippen LogP contribution in [0.15, 0.2) is 42.6 Å². The van der Waals surface area contributed by atoms with Gasteiger partial charge in [0.25, 0.3) is 5.69 Å². The summed E-state index contributed by atoms with van der Waals surface area (Å²) < 4.78 is 11.8. The van der Waals surface area contributed by atoms with Crippen molar-refractivity contribution >= 4 is 28.7 Å². The summed E-state index contributed by atoms with van der Waals surface area (Å²) in [4.78, 5) is 36.6. The number of nitrogens with two attached hydrogens (primary N) is 1. The second-order valence-electron chi connectivity index (χ2n) is 10.5. The van der Waals surface area contributed by atoms with Gasteiger partial charge in [-0.1, -0.05) is 24.3 Å². The lowest BCUT2D eigenvalue weighted by molar-refractivity contribution is -0.382. The number of fused-ring (bicyclic) bond motifs is 1. The summed E-state index contributed by atoms with van der Waals surface area (Å²) in [7, 11) is 0. The van der Waals surface area contributed by atoms with E-state index >= 15 is 0 Å². The van der Waals surface area contributed by atoms with Gasteiger partial charge in [-0.15, -0.1) is 0 Å². The van der Waals surface area contributed by atoms with E-state index in [1.54, 1.807) is 84.9 Å². The van der Waals surface area contributed by atoms with Crippen molar-refractivity contribution in [3.8, 4) is 11.1 Å². The van der Waals surface area contributed by atoms with Crippen molar-refractivity contribution in [3.63, 3.8) is 0 Å². The molecule has 0 bridgehead atoms. The number of benzene rings is 2. The number of ether oxygens (including phenoxy) is 2. The van der Waals surface area contributed by atoms with Gasteiger partial charge in [-0.05, 0) is 71.7 Å². The number of aromatic nitrogens is 2. The summed E-state index contributed by atoms with van der Waals surface area (Å²) in [5.74, 6) is -0.584. The standard InChI is InChI=1S/C25H30N4O6/c1-23(2,3)34-21(30)25(7,26)16-10-8-15(9-11-16)17-12-13-19-18(20(17)29(32)33)14-27-28(19)22(31)35-24(4,5)6/h8-14H,26H2,1-7H3. The van der Waals surface area contributed by atoms with Gasteiger partial charge in [0.2, 0.25) is 0 Å². The van der Waals surface area contributed by atoms with E-state index in [9.17, 15) is 19.7 Å². The third-order valence-electron chi connectivity index (χ3n) is 5.09. The molecule has 0 aliphatic rings. The molecule has 1 aromatic heterocycles. The Morgan fingerprint density at radius 1 is 0.943 bits per heavy atom. The molecule has 35 heavy (non-hydrogen) atoms. The first kappa shape index (κ1) is 25.8. The molecule has 1 heterocycles.